The van der Waals surface area contributed by atoms with Crippen molar-refractivity contribution in [3.05, 3.63) is 113 Å². The molecule has 5 aromatic rings. The van der Waals surface area contributed by atoms with E-state index in [0.717, 1.165) is 5.56 Å². The van der Waals surface area contributed by atoms with E-state index in [1.165, 1.54) is 25.6 Å². The largest absolute Gasteiger partial charge is 0.493 e. The fourth-order valence-corrected chi connectivity index (χ4v) is 8.24. The molecule has 86 heavy (non-hydrogen) atoms. The van der Waals surface area contributed by atoms with E-state index in [0.29, 0.717) is 176 Å². The number of thiol groups is 1. The summed E-state index contributed by atoms with van der Waals surface area (Å²) in [6, 6.07) is 21.7. The second kappa shape index (κ2) is 43.2. The van der Waals surface area contributed by atoms with Crippen LogP contribution in [0, 0.1) is 5.82 Å². The van der Waals surface area contributed by atoms with E-state index in [-0.39, 0.29) is 50.8 Å². The van der Waals surface area contributed by atoms with Gasteiger partial charge in [0.05, 0.1) is 130 Å². The summed E-state index contributed by atoms with van der Waals surface area (Å²) < 4.78 is 74.6. The maximum atomic E-state index is 14.0. The number of methoxy groups -OCH3 is 1. The first-order chi connectivity index (χ1) is 42.1. The molecule has 2 atom stereocenters. The third kappa shape index (κ3) is 28.8. The van der Waals surface area contributed by atoms with E-state index >= 15 is 0 Å². The zero-order valence-electron chi connectivity index (χ0n) is 48.7. The van der Waals surface area contributed by atoms with Crippen LogP contribution < -0.4 is 41.8 Å². The molecule has 0 saturated heterocycles. The van der Waals surface area contributed by atoms with Crippen molar-refractivity contribution in [3.63, 3.8) is 0 Å². The van der Waals surface area contributed by atoms with Gasteiger partial charge in [0, 0.05) is 48.0 Å². The molecule has 1 aromatic heterocycles. The van der Waals surface area contributed by atoms with Gasteiger partial charge < -0.3 is 84.4 Å². The summed E-state index contributed by atoms with van der Waals surface area (Å²) in [6.07, 6.45) is 2.85. The van der Waals surface area contributed by atoms with Crippen molar-refractivity contribution in [2.45, 2.75) is 57.2 Å². The van der Waals surface area contributed by atoms with Gasteiger partial charge in [0.25, 0.3) is 0 Å². The Morgan fingerprint density at radius 1 is 0.628 bits per heavy atom. The first-order valence-electron chi connectivity index (χ1n) is 28.6. The maximum Gasteiger partial charge on any atom is 0.407 e. The Labute approximate surface area is 512 Å². The Kier molecular flexibility index (Phi) is 35.3. The zero-order chi connectivity index (χ0) is 61.2. The maximum absolute atomic E-state index is 14.0. The molecular formula is C60H82ClFN8O15S. The van der Waals surface area contributed by atoms with E-state index in [1.807, 2.05) is 30.3 Å². The third-order valence-corrected chi connectivity index (χ3v) is 12.8. The molecule has 0 unspecified atom stereocenters. The number of alkyl carbamates (subject to hydrolysis) is 1. The number of fused-ring (bicyclic) bond motifs is 1. The molecule has 4 amide bonds. The van der Waals surface area contributed by atoms with Gasteiger partial charge in [-0.2, -0.15) is 12.6 Å². The molecule has 4 aromatic carbocycles. The third-order valence-electron chi connectivity index (χ3n) is 12.4. The summed E-state index contributed by atoms with van der Waals surface area (Å²) in [5, 5.41) is 15.0. The van der Waals surface area contributed by atoms with E-state index in [2.05, 4.69) is 49.2 Å². The van der Waals surface area contributed by atoms with Crippen molar-refractivity contribution in [1.82, 2.24) is 25.9 Å². The number of anilines is 3. The lowest BCUT2D eigenvalue weighted by Crippen LogP contribution is -2.53. The molecule has 7 N–H and O–H groups in total. The summed E-state index contributed by atoms with van der Waals surface area (Å²) in [5.74, 6) is 0.0823. The lowest BCUT2D eigenvalue weighted by Gasteiger charge is -2.23. The highest BCUT2D eigenvalue weighted by Gasteiger charge is 2.27. The number of rotatable bonds is 47. The Bertz CT molecular complexity index is 2730. The number of carbonyl (C=O) groups excluding carboxylic acids is 4. The molecule has 0 radical (unpaired) electrons. The number of benzene rings is 4. The van der Waals surface area contributed by atoms with Gasteiger partial charge in [0.1, 0.15) is 36.7 Å². The second-order valence-electron chi connectivity index (χ2n) is 18.9. The summed E-state index contributed by atoms with van der Waals surface area (Å²) in [7, 11) is 1.51. The number of amides is 4. The lowest BCUT2D eigenvalue weighted by atomic mass is 10.0. The van der Waals surface area contributed by atoms with Gasteiger partial charge in [-0.05, 0) is 79.8 Å². The van der Waals surface area contributed by atoms with Crippen LogP contribution in [0.3, 0.4) is 0 Å². The number of ether oxygens (including phenoxy) is 11. The summed E-state index contributed by atoms with van der Waals surface area (Å²) in [6.45, 7) is 7.59. The van der Waals surface area contributed by atoms with Crippen LogP contribution in [0.1, 0.15) is 43.2 Å². The molecule has 0 aliphatic heterocycles. The smallest absolute Gasteiger partial charge is 0.407 e. The van der Waals surface area contributed by atoms with Crippen LogP contribution in [0.25, 0.3) is 10.9 Å². The van der Waals surface area contributed by atoms with Crippen LogP contribution >= 0.6 is 24.2 Å². The number of hydrogen-bond acceptors (Lipinski definition) is 20. The minimum Gasteiger partial charge on any atom is -0.493 e. The minimum atomic E-state index is -0.992. The van der Waals surface area contributed by atoms with Gasteiger partial charge in [0.15, 0.2) is 11.5 Å². The second-order valence-corrected chi connectivity index (χ2v) is 19.8. The highest BCUT2D eigenvalue weighted by molar-refractivity contribution is 7.80. The standard InChI is InChI=1S/C60H82ClFN8O15S/c1-75-54-41-52-48(57(66-43-65-52)67-47-15-16-50(62)49(61)39-47)40-55(54)84-20-7-19-64-60(74)85-42-45-11-13-46(14-12-45)68-58(72)51(10-5-6-18-63)70-59(73)53(38-44-8-3-2-4-9-44)69-56(71)17-21-76-22-23-77-24-25-78-26-27-79-28-29-80-30-31-81-32-33-82-34-35-83-36-37-86/h2-4,8-9,11-16,39-41,43,51,53,86H,5-7,10,17-38,42,63H2,1H3,(H,64,74)(H,68,72)(H,69,71)(H,70,73)(H,65,66,67)/t51-,53-/m0/s1. The molecule has 1 heterocycles. The van der Waals surface area contributed by atoms with Gasteiger partial charge in [0.2, 0.25) is 17.7 Å². The Morgan fingerprint density at radius 3 is 1.83 bits per heavy atom. The Balaban J connectivity index is 0.953. The molecule has 0 spiro atoms. The normalized spacial score (nSPS) is 11.9. The molecule has 26 heteroatoms. The number of nitrogens with one attached hydrogen (secondary N) is 5. The molecule has 5 rings (SSSR count). The number of halogens is 2. The van der Waals surface area contributed by atoms with Gasteiger partial charge in [-0.1, -0.05) is 54.1 Å². The van der Waals surface area contributed by atoms with Crippen LogP contribution in [-0.4, -0.2) is 184 Å². The number of hydrogen-bond donors (Lipinski definition) is 7. The minimum absolute atomic E-state index is 0.00688. The average Bonchev–Trinajstić information content (AvgIpc) is 2.58. The fourth-order valence-electron chi connectivity index (χ4n) is 7.94. The number of nitrogens with two attached hydrogens (primary N) is 1. The number of nitrogens with zero attached hydrogens (tertiary/aromatic N) is 2. The van der Waals surface area contributed by atoms with Gasteiger partial charge >= 0.3 is 6.09 Å². The van der Waals surface area contributed by atoms with Crippen LogP contribution in [0.15, 0.2) is 91.3 Å². The summed E-state index contributed by atoms with van der Waals surface area (Å²) in [5.41, 5.74) is 8.81. The molecule has 0 saturated carbocycles. The van der Waals surface area contributed by atoms with E-state index in [1.54, 1.807) is 42.5 Å². The van der Waals surface area contributed by atoms with Crippen LogP contribution in [0.4, 0.5) is 26.4 Å². The van der Waals surface area contributed by atoms with Gasteiger partial charge in [-0.25, -0.2) is 19.2 Å². The Morgan fingerprint density at radius 2 is 1.23 bits per heavy atom. The van der Waals surface area contributed by atoms with Crippen molar-refractivity contribution in [3.8, 4) is 11.5 Å². The molecule has 472 valence electrons. The monoisotopic (exact) mass is 1240 g/mol. The number of carbonyl (C=O) groups is 4. The van der Waals surface area contributed by atoms with Crippen molar-refractivity contribution in [1.29, 1.82) is 0 Å². The zero-order valence-corrected chi connectivity index (χ0v) is 50.4. The first kappa shape index (κ1) is 70.3. The highest BCUT2D eigenvalue weighted by Crippen LogP contribution is 2.35. The highest BCUT2D eigenvalue weighted by atomic mass is 35.5. The molecule has 0 bridgehead atoms. The molecule has 0 aliphatic rings. The molecule has 23 nitrogen and oxygen atoms in total. The van der Waals surface area contributed by atoms with E-state index < -0.39 is 41.7 Å². The Hall–Kier alpha value is -6.49. The predicted octanol–water partition coefficient (Wildman–Crippen LogP) is 6.60. The SMILES string of the molecule is COc1cc2ncnc(Nc3ccc(F)c(Cl)c3)c2cc1OCCCNC(=O)OCc1ccc(NC(=O)[C@H](CCCCN)NC(=O)[C@H](Cc2ccccc2)NC(=O)CCOCCOCCOCCOCCOCCOCCOCCOCCS)cc1. The lowest BCUT2D eigenvalue weighted by molar-refractivity contribution is -0.131. The summed E-state index contributed by atoms with van der Waals surface area (Å²) >= 11 is 10.1. The van der Waals surface area contributed by atoms with Crippen LogP contribution in [0.5, 0.6) is 11.5 Å². The van der Waals surface area contributed by atoms with Gasteiger partial charge in [-0.3, -0.25) is 14.4 Å². The van der Waals surface area contributed by atoms with Crippen molar-refractivity contribution in [2.24, 2.45) is 5.73 Å². The van der Waals surface area contributed by atoms with Crippen LogP contribution in [0.2, 0.25) is 5.02 Å². The topological polar surface area (TPSA) is 282 Å². The average molecular weight is 1240 g/mol. The molecule has 0 aliphatic carbocycles. The fraction of sp³-hybridized carbons (Fsp3) is 0.500. The van der Waals surface area contributed by atoms with Crippen molar-refractivity contribution >= 4 is 76.1 Å². The first-order valence-corrected chi connectivity index (χ1v) is 29.6. The predicted molar refractivity (Wildman–Crippen MR) is 326 cm³/mol. The van der Waals surface area contributed by atoms with E-state index in [9.17, 15) is 23.6 Å². The van der Waals surface area contributed by atoms with Crippen LogP contribution in [-0.2, 0) is 70.0 Å². The van der Waals surface area contributed by atoms with Gasteiger partial charge in [-0.15, -0.1) is 0 Å². The quantitative estimate of drug-likeness (QED) is 0.0159. The molecular weight excluding hydrogens is 1160 g/mol. The number of unbranched alkanes of at least 4 members (excludes halogenated alkanes) is 1. The number of aromatic nitrogens is 2. The van der Waals surface area contributed by atoms with Crippen molar-refractivity contribution < 1.29 is 75.7 Å². The summed E-state index contributed by atoms with van der Waals surface area (Å²) in [4.78, 5) is 62.2. The van der Waals surface area contributed by atoms with Crippen molar-refractivity contribution in [2.75, 3.05) is 149 Å². The van der Waals surface area contributed by atoms with E-state index in [4.69, 9.17) is 69.4 Å². The molecule has 0 fully saturated rings.